The van der Waals surface area contributed by atoms with Gasteiger partial charge in [-0.25, -0.2) is 0 Å². The van der Waals surface area contributed by atoms with Crippen molar-refractivity contribution in [2.24, 2.45) is 40.4 Å². The van der Waals surface area contributed by atoms with Gasteiger partial charge < -0.3 is 35.6 Å². The van der Waals surface area contributed by atoms with Gasteiger partial charge in [0.05, 0.1) is 12.1 Å². The predicted octanol–water partition coefficient (Wildman–Crippen LogP) is 1.77. The Labute approximate surface area is 287 Å². The molecule has 0 aromatic heterocycles. The highest BCUT2D eigenvalue weighted by atomic mass is 16.3. The molecule has 0 spiro atoms. The molecule has 0 aromatic carbocycles. The zero-order chi connectivity index (χ0) is 38.3. The van der Waals surface area contributed by atoms with Crippen molar-refractivity contribution in [3.63, 3.8) is 0 Å². The third-order valence-corrected chi connectivity index (χ3v) is 10.3. The molecular formula is C36H63N3O9. The van der Waals surface area contributed by atoms with Crippen LogP contribution in [0.25, 0.3) is 0 Å². The number of hydrogen-bond donors (Lipinski definition) is 5. The number of ketones is 4. The molecule has 0 fully saturated rings. The Bertz CT molecular complexity index is 1180. The fourth-order valence-electron chi connectivity index (χ4n) is 6.60. The van der Waals surface area contributed by atoms with Crippen LogP contribution in [0, 0.1) is 40.4 Å². The third kappa shape index (κ3) is 7.72. The molecule has 5 N–H and O–H groups in total. The third-order valence-electron chi connectivity index (χ3n) is 10.3. The first-order chi connectivity index (χ1) is 21.9. The van der Waals surface area contributed by atoms with E-state index in [9.17, 15) is 29.7 Å². The second kappa shape index (κ2) is 17.8. The number of amides is 1. The maximum Gasteiger partial charge on any atom is 0.252 e. The average Bonchev–Trinajstić information content (AvgIpc) is 3.04. The lowest BCUT2D eigenvalue weighted by Crippen LogP contribution is -2.82. The zero-order valence-electron chi connectivity index (χ0n) is 31.6. The summed E-state index contributed by atoms with van der Waals surface area (Å²) in [7, 11) is 3.88. The summed E-state index contributed by atoms with van der Waals surface area (Å²) < 4.78 is 0. The quantitative estimate of drug-likeness (QED) is 0.0636. The lowest BCUT2D eigenvalue weighted by molar-refractivity contribution is -0.190. The van der Waals surface area contributed by atoms with Crippen LogP contribution in [0.15, 0.2) is 12.7 Å². The van der Waals surface area contributed by atoms with E-state index in [4.69, 9.17) is 0 Å². The number of nitrogens with one attached hydrogen (secondary N) is 2. The first-order valence-corrected chi connectivity index (χ1v) is 16.9. The lowest BCUT2D eigenvalue weighted by atomic mass is 9.45. The highest BCUT2D eigenvalue weighted by molar-refractivity contribution is 6.26. The van der Waals surface area contributed by atoms with Crippen molar-refractivity contribution in [1.82, 2.24) is 15.5 Å². The fraction of sp³-hybridized carbons (Fsp3) is 0.778. The minimum atomic E-state index is -3.16. The van der Waals surface area contributed by atoms with E-state index in [1.807, 2.05) is 0 Å². The van der Waals surface area contributed by atoms with Crippen LogP contribution in [-0.2, 0) is 28.8 Å². The molecule has 0 saturated heterocycles. The van der Waals surface area contributed by atoms with Crippen molar-refractivity contribution in [1.29, 1.82) is 0 Å². The number of aliphatic hydroxyl groups excluding tert-OH is 3. The first-order valence-electron chi connectivity index (χ1n) is 16.9. The predicted molar refractivity (Wildman–Crippen MR) is 185 cm³/mol. The van der Waals surface area contributed by atoms with Gasteiger partial charge in [0.2, 0.25) is 0 Å². The maximum atomic E-state index is 15.6. The summed E-state index contributed by atoms with van der Waals surface area (Å²) in [5.41, 5.74) is -8.76. The Balaban J connectivity index is 9.47. The largest absolute Gasteiger partial charge is 0.385 e. The summed E-state index contributed by atoms with van der Waals surface area (Å²) in [6.07, 6.45) is -3.83. The van der Waals surface area contributed by atoms with E-state index in [0.29, 0.717) is 11.3 Å². The van der Waals surface area contributed by atoms with Gasteiger partial charge in [0.15, 0.2) is 35.0 Å². The van der Waals surface area contributed by atoms with Crippen LogP contribution in [0.1, 0.15) is 82.6 Å². The Morgan fingerprint density at radius 2 is 1.15 bits per heavy atom. The van der Waals surface area contributed by atoms with Crippen molar-refractivity contribution in [3.8, 4) is 0 Å². The monoisotopic (exact) mass is 681 g/mol. The van der Waals surface area contributed by atoms with Crippen molar-refractivity contribution in [2.75, 3.05) is 21.1 Å². The molecule has 0 rings (SSSR count). The molecule has 12 nitrogen and oxygen atoms in total. The van der Waals surface area contributed by atoms with Crippen LogP contribution in [0.4, 0.5) is 0 Å². The topological polar surface area (TPSA) is 190 Å². The van der Waals surface area contributed by atoms with Crippen LogP contribution >= 0.6 is 0 Å². The van der Waals surface area contributed by atoms with Crippen molar-refractivity contribution >= 4 is 35.3 Å². The van der Waals surface area contributed by atoms with E-state index < -0.39 is 105 Å². The van der Waals surface area contributed by atoms with Gasteiger partial charge in [0.1, 0.15) is 23.7 Å². The Morgan fingerprint density at radius 1 is 0.729 bits per heavy atom. The number of hydrogen-bond acceptors (Lipinski definition) is 11. The number of Topliss-reactive ketones (excluding diaryl/α,β-unsaturated/α-hetero) is 4. The SMILES string of the molecule is C=C[C@H](C)[C@H](NC)C(=O)[C@@](C=O)(N(C)C(=O)C(O)C(C)C)C(C(=O)C(O)C(C)C)(C(=O)[C@@H](NC)[C@@H](C)CC)C(C)(C)C(=O)C(O)C(C)C. The van der Waals surface area contributed by atoms with Crippen molar-refractivity contribution in [2.45, 2.75) is 119 Å². The molecule has 0 radical (unpaired) electrons. The van der Waals surface area contributed by atoms with Gasteiger partial charge >= 0.3 is 0 Å². The second-order valence-corrected chi connectivity index (χ2v) is 14.7. The molecule has 0 saturated carbocycles. The zero-order valence-corrected chi connectivity index (χ0v) is 31.6. The molecular weight excluding hydrogens is 618 g/mol. The number of carbonyl (C=O) groups excluding carboxylic acids is 6. The molecule has 0 aliphatic heterocycles. The summed E-state index contributed by atoms with van der Waals surface area (Å²) in [6.45, 7) is 20.3. The van der Waals surface area contributed by atoms with Crippen LogP contribution < -0.4 is 10.6 Å². The van der Waals surface area contributed by atoms with Crippen LogP contribution in [0.2, 0.25) is 0 Å². The van der Waals surface area contributed by atoms with Gasteiger partial charge in [0.25, 0.3) is 5.91 Å². The number of carbonyl (C=O) groups is 6. The first kappa shape index (κ1) is 45.4. The van der Waals surface area contributed by atoms with Gasteiger partial charge in [0, 0.05) is 12.5 Å². The van der Waals surface area contributed by atoms with Crippen LogP contribution in [0.5, 0.6) is 0 Å². The van der Waals surface area contributed by atoms with Gasteiger partial charge in [-0.2, -0.15) is 0 Å². The van der Waals surface area contributed by atoms with E-state index in [1.54, 1.807) is 20.8 Å². The molecule has 12 heteroatoms. The summed E-state index contributed by atoms with van der Waals surface area (Å²) in [4.78, 5) is 89.8. The molecule has 276 valence electrons. The van der Waals surface area contributed by atoms with Gasteiger partial charge in [-0.3, -0.25) is 24.0 Å². The molecule has 0 aliphatic carbocycles. The number of aldehydes is 1. The highest BCUT2D eigenvalue weighted by Gasteiger charge is 2.77. The number of nitrogens with zero attached hydrogens (tertiary/aromatic N) is 1. The van der Waals surface area contributed by atoms with Crippen molar-refractivity contribution < 1.29 is 44.1 Å². The molecule has 1 amide bonds. The van der Waals surface area contributed by atoms with Gasteiger partial charge in [-0.1, -0.05) is 88.7 Å². The van der Waals surface area contributed by atoms with E-state index in [-0.39, 0.29) is 6.29 Å². The number of likely N-dealkylation sites (N-methyl/N-ethyl adjacent to an activating group) is 3. The smallest absolute Gasteiger partial charge is 0.252 e. The molecule has 0 aliphatic rings. The summed E-state index contributed by atoms with van der Waals surface area (Å²) >= 11 is 0. The van der Waals surface area contributed by atoms with Crippen LogP contribution in [-0.4, -0.2) is 113 Å². The van der Waals surface area contributed by atoms with E-state index >= 15 is 14.4 Å². The summed E-state index contributed by atoms with van der Waals surface area (Å²) in [6, 6.07) is -2.66. The minimum Gasteiger partial charge on any atom is -0.385 e. The van der Waals surface area contributed by atoms with Crippen LogP contribution in [0.3, 0.4) is 0 Å². The van der Waals surface area contributed by atoms with E-state index in [0.717, 1.165) is 7.05 Å². The molecule has 48 heavy (non-hydrogen) atoms. The molecule has 0 aromatic rings. The Morgan fingerprint density at radius 3 is 1.48 bits per heavy atom. The fourth-order valence-corrected chi connectivity index (χ4v) is 6.60. The normalized spacial score (nSPS) is 19.2. The number of aliphatic hydroxyl groups is 3. The lowest BCUT2D eigenvalue weighted by Gasteiger charge is -2.58. The van der Waals surface area contributed by atoms with Crippen molar-refractivity contribution in [3.05, 3.63) is 12.7 Å². The van der Waals surface area contributed by atoms with E-state index in [1.165, 1.54) is 75.6 Å². The summed E-state index contributed by atoms with van der Waals surface area (Å²) in [5, 5.41) is 39.7. The Kier molecular flexibility index (Phi) is 16.9. The average molecular weight is 682 g/mol. The summed E-state index contributed by atoms with van der Waals surface area (Å²) in [5.74, 6) is -9.50. The van der Waals surface area contributed by atoms with E-state index in [2.05, 4.69) is 17.2 Å². The van der Waals surface area contributed by atoms with Gasteiger partial charge in [-0.05, 0) is 43.7 Å². The van der Waals surface area contributed by atoms with Gasteiger partial charge in [-0.15, -0.1) is 6.58 Å². The highest BCUT2D eigenvalue weighted by Crippen LogP contribution is 2.55. The molecule has 4 unspecified atom stereocenters. The Hall–Kier alpha value is -2.64. The number of rotatable bonds is 22. The molecule has 0 heterocycles. The minimum absolute atomic E-state index is 0.0173. The second-order valence-electron chi connectivity index (χ2n) is 14.7. The molecule has 0 bridgehead atoms. The standard InChI is InChI=1S/C36H63N3O9/c1-16-22(9)24(37-13)29(44)35(18-40,39(15)33(48)28(43)21(7)8)36(32(47)27(42)20(5)6,30(45)25(38-14)23(10)17-2)34(11,12)31(46)26(41)19(3)4/h16,18-28,37-38,41-43H,1,17H2,2-15H3/t22-,23-,24-,25-,26?,27?,28?,35+,36?/m0/s1. The molecule has 9 atom stereocenters. The maximum absolute atomic E-state index is 15.6.